The van der Waals surface area contributed by atoms with Crippen molar-refractivity contribution in [1.29, 1.82) is 0 Å². The molecule has 0 amide bonds. The van der Waals surface area contributed by atoms with Crippen molar-refractivity contribution in [3.8, 4) is 17.2 Å². The highest BCUT2D eigenvalue weighted by atomic mass is 79.9. The van der Waals surface area contributed by atoms with Crippen LogP contribution in [0.4, 0.5) is 0 Å². The molecule has 1 atom stereocenters. The maximum atomic E-state index is 12.7. The highest BCUT2D eigenvalue weighted by Gasteiger charge is 2.26. The van der Waals surface area contributed by atoms with E-state index >= 15 is 0 Å². The highest BCUT2D eigenvalue weighted by molar-refractivity contribution is 9.10. The van der Waals surface area contributed by atoms with Gasteiger partial charge >= 0.3 is 0 Å². The summed E-state index contributed by atoms with van der Waals surface area (Å²) in [6, 6.07) is 9.85. The molecular formula is C17H18BrNO5S. The molecule has 2 aromatic carbocycles. The smallest absolute Gasteiger partial charge is 0.241 e. The Morgan fingerprint density at radius 2 is 1.88 bits per heavy atom. The van der Waals surface area contributed by atoms with Crippen LogP contribution in [-0.2, 0) is 16.4 Å². The lowest BCUT2D eigenvalue weighted by Gasteiger charge is -2.26. The molecule has 0 bridgehead atoms. The van der Waals surface area contributed by atoms with Crippen LogP contribution in [0, 0.1) is 0 Å². The molecule has 0 aliphatic carbocycles. The van der Waals surface area contributed by atoms with E-state index < -0.39 is 10.0 Å². The largest absolute Gasteiger partial charge is 0.493 e. The van der Waals surface area contributed by atoms with Crippen molar-refractivity contribution in [2.24, 2.45) is 0 Å². The molecule has 1 N–H and O–H groups in total. The minimum atomic E-state index is -3.71. The van der Waals surface area contributed by atoms with Gasteiger partial charge in [-0.05, 0) is 42.3 Å². The van der Waals surface area contributed by atoms with Crippen LogP contribution in [0.5, 0.6) is 17.2 Å². The summed E-state index contributed by atoms with van der Waals surface area (Å²) in [6.45, 7) is 0.279. The fourth-order valence-electron chi connectivity index (χ4n) is 2.71. The van der Waals surface area contributed by atoms with Gasteiger partial charge in [-0.1, -0.05) is 15.9 Å². The van der Waals surface area contributed by atoms with E-state index in [1.807, 2.05) is 18.2 Å². The Kier molecular flexibility index (Phi) is 5.21. The summed E-state index contributed by atoms with van der Waals surface area (Å²) < 4.78 is 45.0. The van der Waals surface area contributed by atoms with Crippen LogP contribution >= 0.6 is 15.9 Å². The summed E-state index contributed by atoms with van der Waals surface area (Å²) in [5.74, 6) is 1.62. The topological polar surface area (TPSA) is 73.9 Å². The normalized spacial score (nSPS) is 16.7. The van der Waals surface area contributed by atoms with Crippen molar-refractivity contribution in [2.45, 2.75) is 17.4 Å². The number of sulfonamides is 1. The Balaban J connectivity index is 1.80. The van der Waals surface area contributed by atoms with E-state index in [2.05, 4.69) is 20.7 Å². The Morgan fingerprint density at radius 3 is 2.60 bits per heavy atom. The van der Waals surface area contributed by atoms with Gasteiger partial charge in [0.1, 0.15) is 12.4 Å². The van der Waals surface area contributed by atoms with Crippen LogP contribution in [0.3, 0.4) is 0 Å². The zero-order valence-corrected chi connectivity index (χ0v) is 16.2. The third-order valence-corrected chi connectivity index (χ3v) is 5.93. The number of methoxy groups -OCH3 is 2. The molecule has 0 unspecified atom stereocenters. The molecule has 0 saturated carbocycles. The summed E-state index contributed by atoms with van der Waals surface area (Å²) in [4.78, 5) is 0.116. The monoisotopic (exact) mass is 427 g/mol. The second-order valence-electron chi connectivity index (χ2n) is 5.60. The minimum Gasteiger partial charge on any atom is -0.493 e. The zero-order valence-electron chi connectivity index (χ0n) is 13.8. The summed E-state index contributed by atoms with van der Waals surface area (Å²) in [5.41, 5.74) is 0.959. The molecule has 8 heteroatoms. The van der Waals surface area contributed by atoms with E-state index in [0.29, 0.717) is 17.9 Å². The average Bonchev–Trinajstić information content (AvgIpc) is 2.60. The number of benzene rings is 2. The molecule has 6 nitrogen and oxygen atoms in total. The summed E-state index contributed by atoms with van der Waals surface area (Å²) in [7, 11) is -0.744. The fraction of sp³-hybridized carbons (Fsp3) is 0.294. The third kappa shape index (κ3) is 3.91. The van der Waals surface area contributed by atoms with Crippen LogP contribution < -0.4 is 18.9 Å². The van der Waals surface area contributed by atoms with Crippen molar-refractivity contribution in [3.63, 3.8) is 0 Å². The quantitative estimate of drug-likeness (QED) is 0.793. The number of halogens is 1. The Labute approximate surface area is 155 Å². The van der Waals surface area contributed by atoms with Crippen molar-refractivity contribution in [3.05, 3.63) is 46.4 Å². The standard InChI is InChI=1S/C17H18BrNO5S/c1-22-16-6-4-14(9-17(16)23-2)25(20,21)19-13-8-11-7-12(18)3-5-15(11)24-10-13/h3-7,9,13,19H,8,10H2,1-2H3/t13-/m0/s1. The van der Waals surface area contributed by atoms with Gasteiger partial charge < -0.3 is 14.2 Å². The van der Waals surface area contributed by atoms with Gasteiger partial charge in [0.05, 0.1) is 25.2 Å². The predicted molar refractivity (Wildman–Crippen MR) is 97.0 cm³/mol. The molecule has 2 aromatic rings. The number of rotatable bonds is 5. The second kappa shape index (κ2) is 7.23. The van der Waals surface area contributed by atoms with Crippen molar-refractivity contribution >= 4 is 26.0 Å². The molecule has 0 spiro atoms. The molecular weight excluding hydrogens is 410 g/mol. The zero-order chi connectivity index (χ0) is 18.0. The van der Waals surface area contributed by atoms with Crippen LogP contribution in [0.15, 0.2) is 45.8 Å². The first-order valence-electron chi connectivity index (χ1n) is 7.58. The van der Waals surface area contributed by atoms with Gasteiger partial charge in [0, 0.05) is 10.5 Å². The lowest BCUT2D eigenvalue weighted by atomic mass is 10.0. The first-order valence-corrected chi connectivity index (χ1v) is 9.86. The van der Waals surface area contributed by atoms with E-state index in [1.54, 1.807) is 6.07 Å². The molecule has 25 heavy (non-hydrogen) atoms. The second-order valence-corrected chi connectivity index (χ2v) is 8.23. The van der Waals surface area contributed by atoms with E-state index in [0.717, 1.165) is 15.8 Å². The molecule has 1 aliphatic heterocycles. The van der Waals surface area contributed by atoms with Crippen molar-refractivity contribution in [2.75, 3.05) is 20.8 Å². The van der Waals surface area contributed by atoms with Gasteiger partial charge in [-0.15, -0.1) is 0 Å². The predicted octanol–water partition coefficient (Wildman–Crippen LogP) is 2.75. The molecule has 0 radical (unpaired) electrons. The average molecular weight is 428 g/mol. The first-order chi connectivity index (χ1) is 11.9. The van der Waals surface area contributed by atoms with Gasteiger partial charge in [0.15, 0.2) is 11.5 Å². The number of ether oxygens (including phenoxy) is 3. The molecule has 134 valence electrons. The van der Waals surface area contributed by atoms with Crippen LogP contribution in [-0.4, -0.2) is 35.3 Å². The van der Waals surface area contributed by atoms with E-state index in [-0.39, 0.29) is 17.5 Å². The van der Waals surface area contributed by atoms with Crippen LogP contribution in [0.1, 0.15) is 5.56 Å². The van der Waals surface area contributed by atoms with Gasteiger partial charge in [0.25, 0.3) is 0 Å². The first kappa shape index (κ1) is 18.0. The van der Waals surface area contributed by atoms with Crippen molar-refractivity contribution < 1.29 is 22.6 Å². The van der Waals surface area contributed by atoms with E-state index in [1.165, 1.54) is 26.4 Å². The number of fused-ring (bicyclic) bond motifs is 1. The lowest BCUT2D eigenvalue weighted by Crippen LogP contribution is -2.42. The Hall–Kier alpha value is -1.77. The van der Waals surface area contributed by atoms with Gasteiger partial charge in [0.2, 0.25) is 10.0 Å². The van der Waals surface area contributed by atoms with Crippen LogP contribution in [0.25, 0.3) is 0 Å². The molecule has 0 saturated heterocycles. The lowest BCUT2D eigenvalue weighted by molar-refractivity contribution is 0.254. The van der Waals surface area contributed by atoms with Gasteiger partial charge in [-0.2, -0.15) is 0 Å². The maximum absolute atomic E-state index is 12.7. The Bertz CT molecular complexity index is 885. The van der Waals surface area contributed by atoms with Crippen molar-refractivity contribution in [1.82, 2.24) is 4.72 Å². The van der Waals surface area contributed by atoms with Gasteiger partial charge in [-0.25, -0.2) is 13.1 Å². The number of nitrogens with one attached hydrogen (secondary N) is 1. The van der Waals surface area contributed by atoms with Crippen LogP contribution in [0.2, 0.25) is 0 Å². The molecule has 0 fully saturated rings. The maximum Gasteiger partial charge on any atom is 0.241 e. The number of hydrogen-bond donors (Lipinski definition) is 1. The summed E-state index contributed by atoms with van der Waals surface area (Å²) in [6.07, 6.45) is 0.557. The summed E-state index contributed by atoms with van der Waals surface area (Å²) in [5, 5.41) is 0. The summed E-state index contributed by atoms with van der Waals surface area (Å²) >= 11 is 3.42. The molecule has 3 rings (SSSR count). The third-order valence-electron chi connectivity index (χ3n) is 3.92. The van der Waals surface area contributed by atoms with Gasteiger partial charge in [-0.3, -0.25) is 0 Å². The number of hydrogen-bond acceptors (Lipinski definition) is 5. The fourth-order valence-corrected chi connectivity index (χ4v) is 4.35. The molecule has 1 heterocycles. The Morgan fingerprint density at radius 1 is 1.12 bits per heavy atom. The SMILES string of the molecule is COc1ccc(S(=O)(=O)N[C@@H]2COc3ccc(Br)cc3C2)cc1OC. The highest BCUT2D eigenvalue weighted by Crippen LogP contribution is 2.31. The minimum absolute atomic E-state index is 0.116. The molecule has 0 aromatic heterocycles. The van der Waals surface area contributed by atoms with E-state index in [9.17, 15) is 8.42 Å². The molecule has 1 aliphatic rings. The van der Waals surface area contributed by atoms with E-state index in [4.69, 9.17) is 14.2 Å².